The van der Waals surface area contributed by atoms with Crippen LogP contribution in [0.25, 0.3) is 0 Å². The first-order chi connectivity index (χ1) is 11.8. The fourth-order valence-electron chi connectivity index (χ4n) is 5.14. The maximum Gasteiger partial charge on any atom is 0.334 e. The van der Waals surface area contributed by atoms with E-state index >= 15 is 0 Å². The summed E-state index contributed by atoms with van der Waals surface area (Å²) in [4.78, 5) is 31.1. The first-order valence-corrected chi connectivity index (χ1v) is 8.83. The summed E-state index contributed by atoms with van der Waals surface area (Å²) in [6, 6.07) is 0. The molecule has 1 aliphatic heterocycles. The van der Waals surface area contributed by atoms with Crippen LogP contribution in [0.4, 0.5) is 0 Å². The van der Waals surface area contributed by atoms with Crippen molar-refractivity contribution in [2.75, 3.05) is 20.8 Å². The molecule has 5 rings (SSSR count). The second-order valence-corrected chi connectivity index (χ2v) is 8.37. The Balaban J connectivity index is 1.71. The number of hydrogen-bond donors (Lipinski definition) is 0. The second kappa shape index (κ2) is 5.42. The average Bonchev–Trinajstić information content (AvgIpc) is 2.95. The molecule has 0 aromatic carbocycles. The van der Waals surface area contributed by atoms with Gasteiger partial charge in [-0.25, -0.2) is 9.59 Å². The van der Waals surface area contributed by atoms with Crippen LogP contribution >= 0.6 is 0 Å². The molecule has 4 aliphatic carbocycles. The van der Waals surface area contributed by atoms with E-state index in [4.69, 9.17) is 14.3 Å². The van der Waals surface area contributed by atoms with Crippen LogP contribution in [0.5, 0.6) is 0 Å². The summed E-state index contributed by atoms with van der Waals surface area (Å²) in [5.74, 6) is -0.190. The molecule has 136 valence electrons. The molecule has 0 amide bonds. The standard InChI is InChI=1S/C19H25NO5/c1-19(2,3)20-8-11-12-9-6-7-10(13(12)16(11)25-20)15(18(22)24-5)14(9)17(21)23-4/h6-7,9-13,16H,8H2,1-5H3. The summed E-state index contributed by atoms with van der Waals surface area (Å²) in [7, 11) is 2.71. The molecule has 2 fully saturated rings. The molecule has 0 aromatic heterocycles. The molecule has 0 spiro atoms. The van der Waals surface area contributed by atoms with E-state index in [1.807, 2.05) is 6.08 Å². The van der Waals surface area contributed by atoms with Crippen LogP contribution in [0.1, 0.15) is 20.8 Å². The zero-order valence-corrected chi connectivity index (χ0v) is 15.3. The molecule has 6 nitrogen and oxygen atoms in total. The molecular weight excluding hydrogens is 322 g/mol. The van der Waals surface area contributed by atoms with Gasteiger partial charge in [0.1, 0.15) is 0 Å². The van der Waals surface area contributed by atoms with Crippen molar-refractivity contribution < 1.29 is 23.9 Å². The SMILES string of the molecule is COC(=O)C1=C(C(=O)OC)C2C=CC1C1C3CN(C(C)(C)C)OC3C21. The summed E-state index contributed by atoms with van der Waals surface area (Å²) >= 11 is 0. The molecule has 1 heterocycles. The molecule has 6 unspecified atom stereocenters. The van der Waals surface area contributed by atoms with Gasteiger partial charge in [-0.05, 0) is 26.7 Å². The van der Waals surface area contributed by atoms with E-state index < -0.39 is 11.9 Å². The molecule has 0 radical (unpaired) electrons. The third-order valence-corrected chi connectivity index (χ3v) is 6.24. The molecular formula is C19H25NO5. The Hall–Kier alpha value is -1.66. The monoisotopic (exact) mass is 347 g/mol. The first kappa shape index (κ1) is 16.8. The minimum absolute atomic E-state index is 0.0727. The van der Waals surface area contributed by atoms with Crippen LogP contribution in [-0.2, 0) is 23.9 Å². The van der Waals surface area contributed by atoms with Gasteiger partial charge in [0.15, 0.2) is 0 Å². The molecule has 1 saturated heterocycles. The third kappa shape index (κ3) is 2.16. The molecule has 6 atom stereocenters. The predicted octanol–water partition coefficient (Wildman–Crippen LogP) is 1.72. The zero-order valence-electron chi connectivity index (χ0n) is 15.3. The number of carbonyl (C=O) groups excluding carboxylic acids is 2. The van der Waals surface area contributed by atoms with Gasteiger partial charge in [0, 0.05) is 35.8 Å². The minimum Gasteiger partial charge on any atom is -0.466 e. The van der Waals surface area contributed by atoms with Crippen molar-refractivity contribution in [3.8, 4) is 0 Å². The minimum atomic E-state index is -0.438. The van der Waals surface area contributed by atoms with E-state index in [-0.39, 0.29) is 29.4 Å². The highest BCUT2D eigenvalue weighted by molar-refractivity contribution is 6.02. The van der Waals surface area contributed by atoms with Gasteiger partial charge in [0.2, 0.25) is 0 Å². The maximum atomic E-state index is 12.4. The number of allylic oxidation sites excluding steroid dienone is 2. The fraction of sp³-hybridized carbons (Fsp3) is 0.684. The topological polar surface area (TPSA) is 65.1 Å². The molecule has 25 heavy (non-hydrogen) atoms. The van der Waals surface area contributed by atoms with Gasteiger partial charge >= 0.3 is 11.9 Å². The van der Waals surface area contributed by atoms with E-state index in [0.717, 1.165) is 6.54 Å². The lowest BCUT2D eigenvalue weighted by atomic mass is 9.46. The summed E-state index contributed by atoms with van der Waals surface area (Å²) in [6.07, 6.45) is 4.21. The van der Waals surface area contributed by atoms with E-state index in [2.05, 4.69) is 31.9 Å². The van der Waals surface area contributed by atoms with Crippen molar-refractivity contribution in [2.45, 2.75) is 32.4 Å². The quantitative estimate of drug-likeness (QED) is 0.560. The van der Waals surface area contributed by atoms with Gasteiger partial charge in [-0.3, -0.25) is 4.84 Å². The van der Waals surface area contributed by atoms with E-state index in [0.29, 0.717) is 23.0 Å². The summed E-state index contributed by atoms with van der Waals surface area (Å²) < 4.78 is 9.95. The van der Waals surface area contributed by atoms with Crippen molar-refractivity contribution in [1.29, 1.82) is 0 Å². The number of fused-ring (bicyclic) bond motifs is 1. The number of methoxy groups -OCH3 is 2. The largest absolute Gasteiger partial charge is 0.466 e. The van der Waals surface area contributed by atoms with Crippen LogP contribution in [0, 0.1) is 29.6 Å². The Morgan fingerprint density at radius 1 is 1.04 bits per heavy atom. The van der Waals surface area contributed by atoms with E-state index in [9.17, 15) is 9.59 Å². The van der Waals surface area contributed by atoms with Gasteiger partial charge in [-0.2, -0.15) is 5.06 Å². The molecule has 0 N–H and O–H groups in total. The van der Waals surface area contributed by atoms with Crippen LogP contribution in [0.15, 0.2) is 23.3 Å². The lowest BCUT2D eigenvalue weighted by molar-refractivity contribution is -0.234. The van der Waals surface area contributed by atoms with Crippen molar-refractivity contribution in [1.82, 2.24) is 5.06 Å². The van der Waals surface area contributed by atoms with Crippen LogP contribution in [-0.4, -0.2) is 49.4 Å². The van der Waals surface area contributed by atoms with Gasteiger partial charge in [-0.1, -0.05) is 12.2 Å². The normalized spacial score (nSPS) is 38.9. The summed E-state index contributed by atoms with van der Waals surface area (Å²) in [6.45, 7) is 7.25. The summed E-state index contributed by atoms with van der Waals surface area (Å²) in [5.41, 5.74) is 0.867. The Bertz CT molecular complexity index is 638. The van der Waals surface area contributed by atoms with Crippen molar-refractivity contribution in [3.05, 3.63) is 23.3 Å². The molecule has 0 aromatic rings. The van der Waals surface area contributed by atoms with Crippen LogP contribution in [0.2, 0.25) is 0 Å². The smallest absolute Gasteiger partial charge is 0.334 e. The van der Waals surface area contributed by atoms with E-state index in [1.165, 1.54) is 14.2 Å². The van der Waals surface area contributed by atoms with Crippen molar-refractivity contribution >= 4 is 11.9 Å². The highest BCUT2D eigenvalue weighted by atomic mass is 16.7. The van der Waals surface area contributed by atoms with Gasteiger partial charge in [-0.15, -0.1) is 0 Å². The lowest BCUT2D eigenvalue weighted by Crippen LogP contribution is -2.61. The molecule has 6 heteroatoms. The summed E-state index contributed by atoms with van der Waals surface area (Å²) in [5, 5.41) is 2.05. The maximum absolute atomic E-state index is 12.4. The molecule has 5 aliphatic rings. The number of hydroxylamine groups is 2. The Kier molecular flexibility index (Phi) is 3.64. The fourth-order valence-corrected chi connectivity index (χ4v) is 5.14. The average molecular weight is 347 g/mol. The highest BCUT2D eigenvalue weighted by Crippen LogP contribution is 2.63. The number of rotatable bonds is 2. The molecule has 1 saturated carbocycles. The van der Waals surface area contributed by atoms with Gasteiger partial charge in [0.05, 0.1) is 31.5 Å². The van der Waals surface area contributed by atoms with E-state index in [1.54, 1.807) is 0 Å². The second-order valence-electron chi connectivity index (χ2n) is 8.37. The van der Waals surface area contributed by atoms with Gasteiger partial charge in [0.25, 0.3) is 0 Å². The van der Waals surface area contributed by atoms with Gasteiger partial charge < -0.3 is 9.47 Å². The number of hydrogen-bond acceptors (Lipinski definition) is 6. The highest BCUT2D eigenvalue weighted by Gasteiger charge is 2.66. The number of esters is 2. The number of carbonyl (C=O) groups is 2. The van der Waals surface area contributed by atoms with Crippen LogP contribution < -0.4 is 0 Å². The Morgan fingerprint density at radius 2 is 1.56 bits per heavy atom. The Labute approximate surface area is 147 Å². The number of nitrogens with zero attached hydrogens (tertiary/aromatic N) is 1. The predicted molar refractivity (Wildman–Crippen MR) is 89.0 cm³/mol. The van der Waals surface area contributed by atoms with Crippen molar-refractivity contribution in [2.24, 2.45) is 29.6 Å². The molecule has 2 bridgehead atoms. The number of ether oxygens (including phenoxy) is 2. The Morgan fingerprint density at radius 3 is 2.04 bits per heavy atom. The lowest BCUT2D eigenvalue weighted by Gasteiger charge is -2.58. The first-order valence-electron chi connectivity index (χ1n) is 8.83. The van der Waals surface area contributed by atoms with Crippen molar-refractivity contribution in [3.63, 3.8) is 0 Å². The zero-order chi connectivity index (χ0) is 18.1. The third-order valence-electron chi connectivity index (χ3n) is 6.24. The van der Waals surface area contributed by atoms with Crippen LogP contribution in [0.3, 0.4) is 0 Å².